The summed E-state index contributed by atoms with van der Waals surface area (Å²) < 4.78 is 40.4. The molecule has 4 aromatic rings. The van der Waals surface area contributed by atoms with Crippen LogP contribution in [0.3, 0.4) is 0 Å². The van der Waals surface area contributed by atoms with Gasteiger partial charge in [-0.2, -0.15) is 13.2 Å². The average molecular weight is 465 g/mol. The summed E-state index contributed by atoms with van der Waals surface area (Å²) in [7, 11) is 0. The molecule has 1 fully saturated rings. The maximum Gasteiger partial charge on any atom is 0.417 e. The zero-order valence-corrected chi connectivity index (χ0v) is 18.5. The van der Waals surface area contributed by atoms with Crippen LogP contribution in [-0.2, 0) is 6.18 Å². The fourth-order valence-corrected chi connectivity index (χ4v) is 4.30. The standard InChI is InChI=1S/C25H22F3N5O/c1-17-30-21-15-18(7-9-22(21)33(17)20-5-3-2-4-6-20)24(34)32-13-11-31(12-14-32)23-10-8-19(16-29-23)25(26,27)28/h2-10,15-16H,11-14H2,1H3. The second-order valence-corrected chi connectivity index (χ2v) is 8.22. The molecule has 2 aromatic heterocycles. The van der Waals surface area contributed by atoms with Crippen molar-refractivity contribution in [3.05, 3.63) is 83.8 Å². The van der Waals surface area contributed by atoms with Crippen molar-refractivity contribution >= 4 is 22.8 Å². The number of aromatic nitrogens is 3. The number of para-hydroxylation sites is 1. The summed E-state index contributed by atoms with van der Waals surface area (Å²) in [6, 6.07) is 17.9. The lowest BCUT2D eigenvalue weighted by molar-refractivity contribution is -0.137. The zero-order valence-electron chi connectivity index (χ0n) is 18.5. The molecule has 1 amide bonds. The third-order valence-corrected chi connectivity index (χ3v) is 6.05. The number of hydrogen-bond acceptors (Lipinski definition) is 4. The van der Waals surface area contributed by atoms with Gasteiger partial charge < -0.3 is 9.80 Å². The Hall–Kier alpha value is -3.88. The van der Waals surface area contributed by atoms with E-state index >= 15 is 0 Å². The van der Waals surface area contributed by atoms with Gasteiger partial charge in [0.2, 0.25) is 0 Å². The minimum atomic E-state index is -4.41. The van der Waals surface area contributed by atoms with Gasteiger partial charge in [-0.3, -0.25) is 9.36 Å². The lowest BCUT2D eigenvalue weighted by atomic mass is 10.1. The number of nitrogens with zero attached hydrogens (tertiary/aromatic N) is 5. The van der Waals surface area contributed by atoms with Crippen molar-refractivity contribution in [1.82, 2.24) is 19.4 Å². The number of amides is 1. The van der Waals surface area contributed by atoms with Crippen LogP contribution in [-0.4, -0.2) is 51.5 Å². The SMILES string of the molecule is Cc1nc2cc(C(=O)N3CCN(c4ccc(C(F)(F)F)cn4)CC3)ccc2n1-c1ccccc1. The number of fused-ring (bicyclic) bond motifs is 1. The molecule has 1 saturated heterocycles. The van der Waals surface area contributed by atoms with Gasteiger partial charge in [0.25, 0.3) is 5.91 Å². The fourth-order valence-electron chi connectivity index (χ4n) is 4.30. The van der Waals surface area contributed by atoms with E-state index in [1.807, 2.05) is 60.4 Å². The molecule has 2 aromatic carbocycles. The molecule has 5 rings (SSSR count). The van der Waals surface area contributed by atoms with Gasteiger partial charge in [-0.1, -0.05) is 18.2 Å². The maximum atomic E-state index is 13.1. The number of piperazine rings is 1. The highest BCUT2D eigenvalue weighted by Crippen LogP contribution is 2.29. The van der Waals surface area contributed by atoms with E-state index in [0.717, 1.165) is 34.8 Å². The Kier molecular flexibility index (Phi) is 5.47. The van der Waals surface area contributed by atoms with Crippen LogP contribution in [0.1, 0.15) is 21.7 Å². The minimum absolute atomic E-state index is 0.0890. The quantitative estimate of drug-likeness (QED) is 0.440. The Morgan fingerprint density at radius 2 is 1.68 bits per heavy atom. The molecule has 0 unspecified atom stereocenters. The number of anilines is 1. The summed E-state index contributed by atoms with van der Waals surface area (Å²) in [4.78, 5) is 25.4. The number of carbonyl (C=O) groups is 1. The molecule has 0 radical (unpaired) electrons. The molecule has 1 aliphatic rings. The molecule has 0 atom stereocenters. The monoisotopic (exact) mass is 465 g/mol. The van der Waals surface area contributed by atoms with E-state index in [2.05, 4.69) is 14.5 Å². The number of benzene rings is 2. The smallest absolute Gasteiger partial charge is 0.353 e. The van der Waals surface area contributed by atoms with Crippen molar-refractivity contribution in [2.24, 2.45) is 0 Å². The van der Waals surface area contributed by atoms with Crippen LogP contribution < -0.4 is 4.90 Å². The van der Waals surface area contributed by atoms with Crippen molar-refractivity contribution < 1.29 is 18.0 Å². The first-order chi connectivity index (χ1) is 16.3. The summed E-state index contributed by atoms with van der Waals surface area (Å²) in [5.74, 6) is 1.22. The van der Waals surface area contributed by atoms with Crippen LogP contribution in [0.25, 0.3) is 16.7 Å². The van der Waals surface area contributed by atoms with Crippen LogP contribution in [0.5, 0.6) is 0 Å². The zero-order chi connectivity index (χ0) is 23.9. The average Bonchev–Trinajstić information content (AvgIpc) is 3.18. The van der Waals surface area contributed by atoms with Gasteiger partial charge >= 0.3 is 6.18 Å². The van der Waals surface area contributed by atoms with E-state index in [0.29, 0.717) is 37.6 Å². The first kappa shape index (κ1) is 21.9. The van der Waals surface area contributed by atoms with Crippen molar-refractivity contribution in [3.63, 3.8) is 0 Å². The van der Waals surface area contributed by atoms with Crippen molar-refractivity contribution in [2.75, 3.05) is 31.1 Å². The summed E-state index contributed by atoms with van der Waals surface area (Å²) in [5, 5.41) is 0. The molecule has 1 aliphatic heterocycles. The predicted octanol–water partition coefficient (Wildman–Crippen LogP) is 4.71. The highest BCUT2D eigenvalue weighted by atomic mass is 19.4. The Labute approximate surface area is 194 Å². The summed E-state index contributed by atoms with van der Waals surface area (Å²) in [6.07, 6.45) is -3.56. The Bertz CT molecular complexity index is 1320. The van der Waals surface area contributed by atoms with Gasteiger partial charge in [0.1, 0.15) is 11.6 Å². The maximum absolute atomic E-state index is 13.1. The van der Waals surface area contributed by atoms with Crippen LogP contribution in [0, 0.1) is 6.92 Å². The van der Waals surface area contributed by atoms with E-state index in [4.69, 9.17) is 0 Å². The lowest BCUT2D eigenvalue weighted by Gasteiger charge is -2.35. The van der Waals surface area contributed by atoms with E-state index in [-0.39, 0.29) is 5.91 Å². The van der Waals surface area contributed by atoms with Crippen LogP contribution in [0.4, 0.5) is 19.0 Å². The topological polar surface area (TPSA) is 54.3 Å². The predicted molar refractivity (Wildman–Crippen MR) is 123 cm³/mol. The van der Waals surface area contributed by atoms with Crippen molar-refractivity contribution in [2.45, 2.75) is 13.1 Å². The van der Waals surface area contributed by atoms with E-state index in [1.54, 1.807) is 4.90 Å². The molecule has 0 aliphatic carbocycles. The van der Waals surface area contributed by atoms with Gasteiger partial charge in [0.05, 0.1) is 16.6 Å². The number of halogens is 3. The van der Waals surface area contributed by atoms with E-state index in [9.17, 15) is 18.0 Å². The molecule has 9 heteroatoms. The van der Waals surface area contributed by atoms with Crippen molar-refractivity contribution in [3.8, 4) is 5.69 Å². The number of rotatable bonds is 3. The van der Waals surface area contributed by atoms with Gasteiger partial charge in [-0.25, -0.2) is 9.97 Å². The second kappa shape index (κ2) is 8.48. The molecular weight excluding hydrogens is 443 g/mol. The van der Waals surface area contributed by atoms with E-state index < -0.39 is 11.7 Å². The molecule has 0 bridgehead atoms. The number of imidazole rings is 1. The summed E-state index contributed by atoms with van der Waals surface area (Å²) >= 11 is 0. The minimum Gasteiger partial charge on any atom is -0.353 e. The highest BCUT2D eigenvalue weighted by molar-refractivity contribution is 5.97. The normalized spacial score (nSPS) is 14.6. The number of carbonyl (C=O) groups excluding carboxylic acids is 1. The molecule has 34 heavy (non-hydrogen) atoms. The van der Waals surface area contributed by atoms with Crippen LogP contribution >= 0.6 is 0 Å². The van der Waals surface area contributed by atoms with Gasteiger partial charge in [-0.15, -0.1) is 0 Å². The number of aryl methyl sites for hydroxylation is 1. The Morgan fingerprint density at radius 1 is 0.941 bits per heavy atom. The molecule has 0 N–H and O–H groups in total. The number of hydrogen-bond donors (Lipinski definition) is 0. The van der Waals surface area contributed by atoms with Crippen LogP contribution in [0.15, 0.2) is 66.9 Å². The van der Waals surface area contributed by atoms with Gasteiger partial charge in [-0.05, 0) is 49.4 Å². The fraction of sp³-hybridized carbons (Fsp3) is 0.240. The highest BCUT2D eigenvalue weighted by Gasteiger charge is 2.31. The lowest BCUT2D eigenvalue weighted by Crippen LogP contribution is -2.49. The summed E-state index contributed by atoms with van der Waals surface area (Å²) in [6.45, 7) is 3.83. The molecular formula is C25H22F3N5O. The number of pyridine rings is 1. The van der Waals surface area contributed by atoms with Gasteiger partial charge in [0, 0.05) is 43.6 Å². The second-order valence-electron chi connectivity index (χ2n) is 8.22. The third kappa shape index (κ3) is 4.09. The molecule has 174 valence electrons. The van der Waals surface area contributed by atoms with Crippen LogP contribution in [0.2, 0.25) is 0 Å². The molecule has 0 spiro atoms. The first-order valence-corrected chi connectivity index (χ1v) is 10.9. The summed E-state index contributed by atoms with van der Waals surface area (Å²) in [5.41, 5.74) is 2.48. The van der Waals surface area contributed by atoms with E-state index in [1.165, 1.54) is 6.07 Å². The Balaban J connectivity index is 1.30. The number of alkyl halides is 3. The third-order valence-electron chi connectivity index (χ3n) is 6.05. The molecule has 0 saturated carbocycles. The first-order valence-electron chi connectivity index (χ1n) is 10.9. The Morgan fingerprint density at radius 3 is 2.32 bits per heavy atom. The largest absolute Gasteiger partial charge is 0.417 e. The molecule has 6 nitrogen and oxygen atoms in total. The van der Waals surface area contributed by atoms with Crippen molar-refractivity contribution in [1.29, 1.82) is 0 Å². The molecule has 3 heterocycles. The van der Waals surface area contributed by atoms with Gasteiger partial charge in [0.15, 0.2) is 0 Å².